The predicted molar refractivity (Wildman–Crippen MR) is 196 cm³/mol. The molecule has 0 spiro atoms. The number of aromatic nitrogens is 2. The largest absolute Gasteiger partial charge is 0.453 e. The van der Waals surface area contributed by atoms with Gasteiger partial charge >= 0.3 is 12.2 Å². The Balaban J connectivity index is 1.20. The van der Waals surface area contributed by atoms with E-state index in [-0.39, 0.29) is 41.8 Å². The quantitative estimate of drug-likeness (QED) is 0.235. The maximum atomic E-state index is 13.7. The van der Waals surface area contributed by atoms with Gasteiger partial charge in [-0.15, -0.1) is 0 Å². The van der Waals surface area contributed by atoms with Crippen molar-refractivity contribution >= 4 is 40.6 Å². The van der Waals surface area contributed by atoms with E-state index in [0.717, 1.165) is 59.1 Å². The Hall–Kier alpha value is -5.14. The number of methoxy groups -OCH3 is 2. The number of alkyl carbamates (subject to hydrolysis) is 2. The van der Waals surface area contributed by atoms with Crippen molar-refractivity contribution in [3.63, 3.8) is 0 Å². The van der Waals surface area contributed by atoms with Crippen molar-refractivity contribution in [2.75, 3.05) is 33.9 Å². The van der Waals surface area contributed by atoms with Crippen LogP contribution in [-0.4, -0.2) is 102 Å². The summed E-state index contributed by atoms with van der Waals surface area (Å²) in [5.41, 5.74) is 2.94. The highest BCUT2D eigenvalue weighted by Gasteiger charge is 2.40. The van der Waals surface area contributed by atoms with Crippen LogP contribution in [0.4, 0.5) is 9.59 Å². The molecule has 2 saturated heterocycles. The second kappa shape index (κ2) is 15.6. The number of hydrogen-bond acceptors (Lipinski definition) is 9. The van der Waals surface area contributed by atoms with Gasteiger partial charge in [-0.2, -0.15) is 0 Å². The highest BCUT2D eigenvalue weighted by atomic mass is 16.5. The highest BCUT2D eigenvalue weighted by molar-refractivity contribution is 5.99. The summed E-state index contributed by atoms with van der Waals surface area (Å²) in [6.45, 7) is 9.33. The van der Waals surface area contributed by atoms with Crippen LogP contribution < -0.4 is 16.0 Å². The second-order valence-corrected chi connectivity index (χ2v) is 14.4. The van der Waals surface area contributed by atoms with Gasteiger partial charge in [-0.1, -0.05) is 64.1 Å². The first kappa shape index (κ1) is 36.6. The minimum absolute atomic E-state index is 0.0801. The molecule has 0 radical (unpaired) electrons. The number of likely N-dealkylation sites (tertiary alicyclic amines) is 2. The van der Waals surface area contributed by atoms with E-state index in [1.807, 2.05) is 55.8 Å². The molecule has 6 rings (SSSR count). The van der Waals surface area contributed by atoms with Crippen LogP contribution in [0, 0.1) is 11.8 Å². The molecule has 2 fully saturated rings. The topological polar surface area (TPSA) is 170 Å². The number of amides is 4. The summed E-state index contributed by atoms with van der Waals surface area (Å²) in [6.07, 6.45) is 3.81. The van der Waals surface area contributed by atoms with Gasteiger partial charge in [-0.25, -0.2) is 14.6 Å². The van der Waals surface area contributed by atoms with E-state index >= 15 is 0 Å². The summed E-state index contributed by atoms with van der Waals surface area (Å²) in [4.78, 5) is 68.2. The van der Waals surface area contributed by atoms with Crippen LogP contribution in [0.1, 0.15) is 76.8 Å². The number of aromatic amines is 1. The Morgan fingerprint density at radius 3 is 2.00 bits per heavy atom. The molecular formula is C38H50N8O6. The maximum Gasteiger partial charge on any atom is 0.407 e. The third-order valence-corrected chi connectivity index (χ3v) is 10.5. The van der Waals surface area contributed by atoms with E-state index in [9.17, 15) is 19.2 Å². The molecule has 0 bridgehead atoms. The van der Waals surface area contributed by atoms with E-state index < -0.39 is 24.3 Å². The van der Waals surface area contributed by atoms with Crippen LogP contribution in [0.5, 0.6) is 0 Å². The lowest BCUT2D eigenvalue weighted by molar-refractivity contribution is -0.135. The van der Waals surface area contributed by atoms with Gasteiger partial charge < -0.3 is 40.2 Å². The van der Waals surface area contributed by atoms with Crippen LogP contribution in [0.3, 0.4) is 0 Å². The average molecular weight is 715 g/mol. The number of nitrogens with one attached hydrogen (secondary N) is 4. The van der Waals surface area contributed by atoms with Crippen molar-refractivity contribution in [3.05, 3.63) is 54.0 Å². The van der Waals surface area contributed by atoms with Gasteiger partial charge in [0.1, 0.15) is 23.7 Å². The molecule has 0 saturated carbocycles. The van der Waals surface area contributed by atoms with Gasteiger partial charge in [0.05, 0.1) is 50.8 Å². The fraction of sp³-hybridized carbons (Fsp3) is 0.526. The van der Waals surface area contributed by atoms with Gasteiger partial charge in [0.25, 0.3) is 0 Å². The van der Waals surface area contributed by atoms with Crippen LogP contribution in [0.2, 0.25) is 0 Å². The number of hydrogen-bond donors (Lipinski definition) is 4. The number of ether oxygens (including phenoxy) is 2. The Kier molecular flexibility index (Phi) is 11.0. The van der Waals surface area contributed by atoms with Crippen LogP contribution in [0.25, 0.3) is 22.0 Å². The summed E-state index contributed by atoms with van der Waals surface area (Å²) < 4.78 is 9.55. The monoisotopic (exact) mass is 714 g/mol. The van der Waals surface area contributed by atoms with Gasteiger partial charge in [-0.3, -0.25) is 14.6 Å². The minimum Gasteiger partial charge on any atom is -0.453 e. The van der Waals surface area contributed by atoms with Crippen molar-refractivity contribution in [3.8, 4) is 11.3 Å². The molecule has 1 aromatic heterocycles. The number of amidine groups is 1. The second-order valence-electron chi connectivity index (χ2n) is 14.4. The summed E-state index contributed by atoms with van der Waals surface area (Å²) in [5, 5.41) is 11.2. The van der Waals surface area contributed by atoms with E-state index in [1.54, 1.807) is 0 Å². The van der Waals surface area contributed by atoms with Crippen LogP contribution >= 0.6 is 0 Å². The first-order chi connectivity index (χ1) is 25.0. The summed E-state index contributed by atoms with van der Waals surface area (Å²) in [7, 11) is 2.58. The molecule has 278 valence electrons. The fourth-order valence-corrected chi connectivity index (χ4v) is 7.74. The maximum absolute atomic E-state index is 13.7. The first-order valence-electron chi connectivity index (χ1n) is 18.2. The molecule has 14 nitrogen and oxygen atoms in total. The Labute approximate surface area is 304 Å². The minimum atomic E-state index is -0.703. The fourth-order valence-electron chi connectivity index (χ4n) is 7.74. The zero-order valence-electron chi connectivity index (χ0n) is 30.8. The molecule has 52 heavy (non-hydrogen) atoms. The average Bonchev–Trinajstić information content (AvgIpc) is 3.98. The van der Waals surface area contributed by atoms with Gasteiger partial charge in [0, 0.05) is 18.7 Å². The number of rotatable bonds is 10. The summed E-state index contributed by atoms with van der Waals surface area (Å²) in [5.74, 6) is 0.994. The number of imidazole rings is 1. The van der Waals surface area contributed by atoms with Gasteiger partial charge in [0.15, 0.2) is 0 Å². The van der Waals surface area contributed by atoms with Gasteiger partial charge in [0.2, 0.25) is 11.8 Å². The standard InChI is InChI=1S/C38H50N8O6/c1-21(2)31(43-37(49)51-5)35(47)45-17-9-15-29(45)33-39-19-27(41-33)25-13-7-12-24-23(25)11-8-14-26(24)28-20-40-34(42-28)30-16-10-18-46(30)36(48)32(22(3)4)44-38(50)52-6/h7-8,11-14,19,21-22,28-32H,9-10,15-18,20H2,1-6H3,(H,39,41)(H,40,42)(H,43,49)(H,44,50)/t28?,29-,30-,31-,32-/m0/s1. The lowest BCUT2D eigenvalue weighted by atomic mass is 9.95. The van der Waals surface area contributed by atoms with E-state index in [4.69, 9.17) is 19.5 Å². The molecule has 14 heteroatoms. The Morgan fingerprint density at radius 1 is 0.808 bits per heavy atom. The molecular weight excluding hydrogens is 664 g/mol. The van der Waals surface area contributed by atoms with Gasteiger partial charge in [-0.05, 0) is 53.9 Å². The van der Waals surface area contributed by atoms with E-state index in [0.29, 0.717) is 25.5 Å². The molecule has 0 aliphatic carbocycles. The molecule has 3 aliphatic rings. The number of H-pyrrole nitrogens is 1. The first-order valence-corrected chi connectivity index (χ1v) is 18.2. The third-order valence-electron chi connectivity index (χ3n) is 10.5. The molecule has 2 aromatic carbocycles. The normalized spacial score (nSPS) is 21.2. The SMILES string of the molecule is COC(=O)N[C@H](C(=O)N1CCC[C@H]1C1=NCC(c2cccc3c(-c4cnc([C@@H]5CCCN5C(=O)[C@@H](NC(=O)OC)C(C)C)[nH]4)cccc23)N1)C(C)C. The Bertz CT molecular complexity index is 1840. The number of carbonyl (C=O) groups is 4. The zero-order chi connectivity index (χ0) is 37.1. The molecule has 3 aliphatic heterocycles. The summed E-state index contributed by atoms with van der Waals surface area (Å²) >= 11 is 0. The van der Waals surface area contributed by atoms with Crippen LogP contribution in [-0.2, 0) is 19.1 Å². The molecule has 4 amide bonds. The van der Waals surface area contributed by atoms with Crippen LogP contribution in [0.15, 0.2) is 47.6 Å². The lowest BCUT2D eigenvalue weighted by Crippen LogP contribution is -2.54. The number of fused-ring (bicyclic) bond motifs is 1. The van der Waals surface area contributed by atoms with Crippen molar-refractivity contribution < 1.29 is 28.7 Å². The van der Waals surface area contributed by atoms with E-state index in [1.165, 1.54) is 14.2 Å². The number of nitrogens with zero attached hydrogens (tertiary/aromatic N) is 4. The smallest absolute Gasteiger partial charge is 0.407 e. The van der Waals surface area contributed by atoms with Crippen molar-refractivity contribution in [1.29, 1.82) is 0 Å². The number of benzene rings is 2. The van der Waals surface area contributed by atoms with Crippen molar-refractivity contribution in [2.24, 2.45) is 16.8 Å². The zero-order valence-corrected chi connectivity index (χ0v) is 30.8. The Morgan fingerprint density at radius 2 is 1.38 bits per heavy atom. The highest BCUT2D eigenvalue weighted by Crippen LogP contribution is 2.36. The molecule has 5 atom stereocenters. The molecule has 3 aromatic rings. The number of carbonyl (C=O) groups excluding carboxylic acids is 4. The predicted octanol–water partition coefficient (Wildman–Crippen LogP) is 4.69. The number of aliphatic imine (C=N–C) groups is 1. The van der Waals surface area contributed by atoms with E-state index in [2.05, 4.69) is 45.2 Å². The molecule has 4 N–H and O–H groups in total. The molecule has 4 heterocycles. The van der Waals surface area contributed by atoms with Crippen molar-refractivity contribution in [2.45, 2.75) is 83.6 Å². The molecule has 1 unspecified atom stereocenters. The lowest BCUT2D eigenvalue weighted by Gasteiger charge is -2.31. The summed E-state index contributed by atoms with van der Waals surface area (Å²) in [6, 6.07) is 10.6. The van der Waals surface area contributed by atoms with Crippen molar-refractivity contribution in [1.82, 2.24) is 35.7 Å². The third kappa shape index (κ3) is 7.28.